The van der Waals surface area contributed by atoms with Crippen LogP contribution in [0.2, 0.25) is 0 Å². The van der Waals surface area contributed by atoms with Crippen LogP contribution in [-0.2, 0) is 4.79 Å². The van der Waals surface area contributed by atoms with Gasteiger partial charge in [-0.3, -0.25) is 9.59 Å². The van der Waals surface area contributed by atoms with Crippen LogP contribution in [0.4, 0.5) is 5.69 Å². The average Bonchev–Trinajstić information content (AvgIpc) is 2.69. The minimum Gasteiger partial charge on any atom is -0.457 e. The van der Waals surface area contributed by atoms with Gasteiger partial charge in [0.1, 0.15) is 11.5 Å². The Morgan fingerprint density at radius 1 is 0.929 bits per heavy atom. The first-order valence-electron chi connectivity index (χ1n) is 8.68. The first-order chi connectivity index (χ1) is 13.5. The zero-order valence-electron chi connectivity index (χ0n) is 15.2. The van der Waals surface area contributed by atoms with Crippen LogP contribution in [0, 0.1) is 6.92 Å². The largest absolute Gasteiger partial charge is 0.457 e. The summed E-state index contributed by atoms with van der Waals surface area (Å²) in [6.45, 7) is 1.77. The minimum absolute atomic E-state index is 0.127. The van der Waals surface area contributed by atoms with E-state index in [9.17, 15) is 9.59 Å². The molecule has 28 heavy (non-hydrogen) atoms. The number of carbonyl (C=O) groups is 2. The summed E-state index contributed by atoms with van der Waals surface area (Å²) in [4.78, 5) is 24.5. The van der Waals surface area contributed by atoms with Crippen molar-refractivity contribution in [3.8, 4) is 11.5 Å². The highest BCUT2D eigenvalue weighted by Gasteiger charge is 2.10. The van der Waals surface area contributed by atoms with Crippen LogP contribution in [-0.4, -0.2) is 18.4 Å². The van der Waals surface area contributed by atoms with Crippen LogP contribution < -0.4 is 15.4 Å². The highest BCUT2D eigenvalue weighted by molar-refractivity contribution is 9.10. The lowest BCUT2D eigenvalue weighted by molar-refractivity contribution is -0.115. The first kappa shape index (κ1) is 19.6. The smallest absolute Gasteiger partial charge is 0.251 e. The molecule has 0 aliphatic rings. The predicted octanol–water partition coefficient (Wildman–Crippen LogP) is 4.92. The Kier molecular flexibility index (Phi) is 6.45. The fraction of sp³-hybridized carbons (Fsp3) is 0.0909. The number of ether oxygens (including phenoxy) is 1. The Balaban J connectivity index is 1.57. The summed E-state index contributed by atoms with van der Waals surface area (Å²) in [5, 5.41) is 5.41. The van der Waals surface area contributed by atoms with Gasteiger partial charge in [-0.1, -0.05) is 40.2 Å². The molecule has 0 saturated carbocycles. The van der Waals surface area contributed by atoms with Crippen molar-refractivity contribution in [2.45, 2.75) is 6.92 Å². The second-order valence-corrected chi connectivity index (χ2v) is 7.05. The van der Waals surface area contributed by atoms with Gasteiger partial charge in [-0.2, -0.15) is 0 Å². The average molecular weight is 439 g/mol. The molecule has 6 heteroatoms. The van der Waals surface area contributed by atoms with Crippen LogP contribution in [0.1, 0.15) is 15.9 Å². The Hall–Kier alpha value is -3.12. The fourth-order valence-electron chi connectivity index (χ4n) is 2.55. The van der Waals surface area contributed by atoms with E-state index in [1.807, 2.05) is 55.5 Å². The topological polar surface area (TPSA) is 67.4 Å². The van der Waals surface area contributed by atoms with E-state index in [0.29, 0.717) is 22.7 Å². The van der Waals surface area contributed by atoms with E-state index >= 15 is 0 Å². The highest BCUT2D eigenvalue weighted by Crippen LogP contribution is 2.22. The van der Waals surface area contributed by atoms with Crippen molar-refractivity contribution in [3.05, 3.63) is 88.4 Å². The lowest BCUT2D eigenvalue weighted by Crippen LogP contribution is -2.33. The van der Waals surface area contributed by atoms with Gasteiger partial charge in [-0.25, -0.2) is 0 Å². The molecule has 0 fully saturated rings. The van der Waals surface area contributed by atoms with Crippen molar-refractivity contribution in [2.75, 3.05) is 11.9 Å². The lowest BCUT2D eigenvalue weighted by Gasteiger charge is -2.10. The molecule has 2 N–H and O–H groups in total. The zero-order valence-corrected chi connectivity index (χ0v) is 16.8. The van der Waals surface area contributed by atoms with Gasteiger partial charge in [-0.05, 0) is 61.0 Å². The molecule has 3 aromatic carbocycles. The number of aryl methyl sites for hydroxylation is 1. The summed E-state index contributed by atoms with van der Waals surface area (Å²) < 4.78 is 6.67. The van der Waals surface area contributed by atoms with Gasteiger partial charge in [0, 0.05) is 15.7 Å². The number of carbonyl (C=O) groups excluding carboxylic acids is 2. The molecule has 0 aliphatic carbocycles. The summed E-state index contributed by atoms with van der Waals surface area (Å²) in [5.74, 6) is 0.592. The molecule has 3 rings (SSSR count). The summed E-state index contributed by atoms with van der Waals surface area (Å²) in [6, 6.07) is 21.7. The Morgan fingerprint density at radius 2 is 1.68 bits per heavy atom. The third kappa shape index (κ3) is 5.44. The van der Waals surface area contributed by atoms with Crippen LogP contribution in [0.5, 0.6) is 11.5 Å². The molecule has 3 aromatic rings. The molecule has 5 nitrogen and oxygen atoms in total. The van der Waals surface area contributed by atoms with Gasteiger partial charge in [-0.15, -0.1) is 0 Å². The van der Waals surface area contributed by atoms with Gasteiger partial charge >= 0.3 is 0 Å². The Labute approximate surface area is 171 Å². The number of halogens is 1. The fourth-order valence-corrected chi connectivity index (χ4v) is 3.03. The number of benzene rings is 3. The van der Waals surface area contributed by atoms with Crippen LogP contribution in [0.3, 0.4) is 0 Å². The quantitative estimate of drug-likeness (QED) is 0.573. The monoisotopic (exact) mass is 438 g/mol. The molecule has 0 heterocycles. The second-order valence-electron chi connectivity index (χ2n) is 6.13. The molecule has 0 bridgehead atoms. The molecule has 0 saturated heterocycles. The molecular formula is C22H19BrN2O3. The van der Waals surface area contributed by atoms with Crippen molar-refractivity contribution in [3.63, 3.8) is 0 Å². The van der Waals surface area contributed by atoms with E-state index in [-0.39, 0.29) is 18.4 Å². The van der Waals surface area contributed by atoms with Crippen LogP contribution in [0.15, 0.2) is 77.3 Å². The van der Waals surface area contributed by atoms with Gasteiger partial charge < -0.3 is 15.4 Å². The number of amides is 2. The summed E-state index contributed by atoms with van der Waals surface area (Å²) in [7, 11) is 0. The Bertz CT molecular complexity index is 990. The maximum absolute atomic E-state index is 12.4. The van der Waals surface area contributed by atoms with Crippen LogP contribution in [0.25, 0.3) is 0 Å². The maximum Gasteiger partial charge on any atom is 0.251 e. The van der Waals surface area contributed by atoms with Crippen molar-refractivity contribution in [1.29, 1.82) is 0 Å². The number of hydrogen-bond acceptors (Lipinski definition) is 3. The molecule has 0 spiro atoms. The molecular weight excluding hydrogens is 420 g/mol. The summed E-state index contributed by atoms with van der Waals surface area (Å²) in [5.41, 5.74) is 2.06. The van der Waals surface area contributed by atoms with E-state index in [1.54, 1.807) is 24.3 Å². The third-order valence-corrected chi connectivity index (χ3v) is 4.44. The van der Waals surface area contributed by atoms with Crippen LogP contribution >= 0.6 is 15.9 Å². The number of rotatable bonds is 6. The SMILES string of the molecule is Cc1cc(Br)ccc1NC(=O)CNC(=O)c1cccc(Oc2ccccc2)c1. The number of para-hydroxylation sites is 1. The van der Waals surface area contributed by atoms with Crippen molar-refractivity contribution in [2.24, 2.45) is 0 Å². The van der Waals surface area contributed by atoms with Gasteiger partial charge in [0.25, 0.3) is 5.91 Å². The first-order valence-corrected chi connectivity index (χ1v) is 9.48. The van der Waals surface area contributed by atoms with Crippen molar-refractivity contribution < 1.29 is 14.3 Å². The third-order valence-electron chi connectivity index (χ3n) is 3.95. The Morgan fingerprint density at radius 3 is 2.43 bits per heavy atom. The molecule has 0 atom stereocenters. The molecule has 142 valence electrons. The van der Waals surface area contributed by atoms with E-state index in [1.165, 1.54) is 0 Å². The van der Waals surface area contributed by atoms with Gasteiger partial charge in [0.2, 0.25) is 5.91 Å². The predicted molar refractivity (Wildman–Crippen MR) is 113 cm³/mol. The highest BCUT2D eigenvalue weighted by atomic mass is 79.9. The van der Waals surface area contributed by atoms with E-state index < -0.39 is 0 Å². The normalized spacial score (nSPS) is 10.2. The standard InChI is InChI=1S/C22H19BrN2O3/c1-15-12-17(23)10-11-20(15)25-21(26)14-24-22(27)16-6-5-9-19(13-16)28-18-7-3-2-4-8-18/h2-13H,14H2,1H3,(H,24,27)(H,25,26). The van der Waals surface area contributed by atoms with Gasteiger partial charge in [0.05, 0.1) is 6.54 Å². The van der Waals surface area contributed by atoms with Gasteiger partial charge in [0.15, 0.2) is 0 Å². The lowest BCUT2D eigenvalue weighted by atomic mass is 10.2. The molecule has 0 aromatic heterocycles. The van der Waals surface area contributed by atoms with Crippen molar-refractivity contribution in [1.82, 2.24) is 5.32 Å². The number of hydrogen-bond donors (Lipinski definition) is 2. The maximum atomic E-state index is 12.4. The zero-order chi connectivity index (χ0) is 19.9. The summed E-state index contributed by atoms with van der Waals surface area (Å²) in [6.07, 6.45) is 0. The summed E-state index contributed by atoms with van der Waals surface area (Å²) >= 11 is 3.38. The molecule has 0 radical (unpaired) electrons. The molecule has 2 amide bonds. The van der Waals surface area contributed by atoms with Crippen molar-refractivity contribution >= 4 is 33.4 Å². The molecule has 0 unspecified atom stereocenters. The van der Waals surface area contributed by atoms with E-state index in [2.05, 4.69) is 26.6 Å². The minimum atomic E-state index is -0.346. The molecule has 0 aliphatic heterocycles. The second kappa shape index (κ2) is 9.19. The van der Waals surface area contributed by atoms with E-state index in [0.717, 1.165) is 10.0 Å². The number of nitrogens with one attached hydrogen (secondary N) is 2. The van der Waals surface area contributed by atoms with E-state index in [4.69, 9.17) is 4.74 Å². The number of anilines is 1.